The normalized spacial score (nSPS) is 30.0. The van der Waals surface area contributed by atoms with Gasteiger partial charge in [0.05, 0.1) is 34.3 Å². The topological polar surface area (TPSA) is 230 Å². The van der Waals surface area contributed by atoms with E-state index in [0.717, 1.165) is 0 Å². The molecule has 3 aliphatic carbocycles. The molecule has 0 radical (unpaired) electrons. The minimum Gasteiger partial charge on any atom is -0.509 e. The van der Waals surface area contributed by atoms with Gasteiger partial charge in [-0.1, -0.05) is 12.1 Å². The first-order chi connectivity index (χ1) is 18.3. The number of carbonyl (C=O) groups is 3. The molecule has 4 atom stereocenters. The first-order valence-electron chi connectivity index (χ1n) is 11.9. The van der Waals surface area contributed by atoms with Crippen molar-refractivity contribution in [2.45, 2.75) is 30.0 Å². The van der Waals surface area contributed by atoms with E-state index in [2.05, 4.69) is 4.98 Å². The summed E-state index contributed by atoms with van der Waals surface area (Å²) in [7, 11) is 2.93. The zero-order valence-electron chi connectivity index (χ0n) is 21.1. The average molecular weight is 531 g/mol. The number of nitriles is 1. The standard InChI is InChI=1S/C27H26N6O6/c1-33(2)21-20(36)17(24(29)39)22(37)26(11-28)23(38)18-19(35)16-14(8-25(18,30)10-27(21,26)31)13(5-6-15(16)34)12-4-3-7-32-9-12/h3-7,9,21,34-35,37H,8,10,30-31H2,1-2H3,(H2,29,39)/t21-,25-,26+,27-/m1/s1. The molecular weight excluding hydrogens is 504 g/mol. The molecule has 0 bridgehead atoms. The van der Waals surface area contributed by atoms with E-state index >= 15 is 0 Å². The fourth-order valence-corrected chi connectivity index (χ4v) is 6.62. The number of nitrogens with zero attached hydrogens (tertiary/aromatic N) is 3. The van der Waals surface area contributed by atoms with Crippen LogP contribution in [0.1, 0.15) is 17.5 Å². The second-order valence-corrected chi connectivity index (χ2v) is 10.5. The molecule has 0 saturated heterocycles. The summed E-state index contributed by atoms with van der Waals surface area (Å²) in [5, 5.41) is 43.9. The molecule has 0 spiro atoms. The lowest BCUT2D eigenvalue weighted by Gasteiger charge is -2.58. The predicted molar refractivity (Wildman–Crippen MR) is 137 cm³/mol. The number of benzene rings is 1. The van der Waals surface area contributed by atoms with Gasteiger partial charge in [0.15, 0.2) is 17.0 Å². The molecule has 1 amide bonds. The number of aromatic nitrogens is 1. The molecule has 9 N–H and O–H groups in total. The van der Waals surface area contributed by atoms with E-state index in [0.29, 0.717) is 16.7 Å². The molecule has 39 heavy (non-hydrogen) atoms. The summed E-state index contributed by atoms with van der Waals surface area (Å²) in [4.78, 5) is 45.5. The van der Waals surface area contributed by atoms with Gasteiger partial charge in [0.25, 0.3) is 5.91 Å². The number of hydrogen-bond donors (Lipinski definition) is 6. The van der Waals surface area contributed by atoms with Gasteiger partial charge >= 0.3 is 0 Å². The first kappa shape index (κ1) is 26.1. The summed E-state index contributed by atoms with van der Waals surface area (Å²) in [6, 6.07) is 6.73. The van der Waals surface area contributed by atoms with Crippen LogP contribution >= 0.6 is 0 Å². The number of amides is 1. The number of nitrogens with two attached hydrogens (primary N) is 3. The van der Waals surface area contributed by atoms with Crippen LogP contribution in [-0.2, 0) is 20.8 Å². The Kier molecular flexibility index (Phi) is 5.49. The van der Waals surface area contributed by atoms with Crippen molar-refractivity contribution >= 4 is 23.2 Å². The fraction of sp³-hybridized carbons (Fsp3) is 0.296. The smallest absolute Gasteiger partial charge is 0.255 e. The van der Waals surface area contributed by atoms with Gasteiger partial charge < -0.3 is 32.5 Å². The van der Waals surface area contributed by atoms with Crippen LogP contribution in [0.25, 0.3) is 16.9 Å². The number of carbonyl (C=O) groups excluding carboxylic acids is 3. The van der Waals surface area contributed by atoms with E-state index in [1.165, 1.54) is 25.1 Å². The molecule has 1 fully saturated rings. The van der Waals surface area contributed by atoms with Crippen LogP contribution in [0.15, 0.2) is 53.6 Å². The molecule has 0 unspecified atom stereocenters. The lowest BCUT2D eigenvalue weighted by Crippen LogP contribution is -2.80. The summed E-state index contributed by atoms with van der Waals surface area (Å²) < 4.78 is 0. The Bertz CT molecular complexity index is 1590. The number of pyridine rings is 1. The van der Waals surface area contributed by atoms with Crippen LogP contribution < -0.4 is 17.2 Å². The largest absolute Gasteiger partial charge is 0.509 e. The first-order valence-corrected chi connectivity index (χ1v) is 11.9. The molecule has 1 heterocycles. The SMILES string of the molecule is CN(C)[C@@H]1C(=O)C(C(N)=O)=C(O)[C@@]2(C#N)C(=O)C3=C(O)c4c(O)ccc(-c5cccnc5)c4C[C@@]3(N)C[C@@]12N. The molecule has 0 aliphatic heterocycles. The molecule has 1 aromatic carbocycles. The third-order valence-electron chi connectivity index (χ3n) is 8.11. The second-order valence-electron chi connectivity index (χ2n) is 10.5. The number of aromatic hydroxyl groups is 1. The Hall–Kier alpha value is -4.57. The van der Waals surface area contributed by atoms with E-state index in [9.17, 15) is 35.0 Å². The quantitative estimate of drug-likeness (QED) is 0.288. The number of aliphatic hydroxyl groups is 2. The van der Waals surface area contributed by atoms with E-state index in [-0.39, 0.29) is 17.7 Å². The number of ketones is 2. The number of primary amides is 1. The van der Waals surface area contributed by atoms with Crippen LogP contribution in [0.3, 0.4) is 0 Å². The molecule has 3 aliphatic rings. The molecule has 2 aromatic rings. The van der Waals surface area contributed by atoms with Crippen LogP contribution in [0.5, 0.6) is 5.75 Å². The van der Waals surface area contributed by atoms with Crippen molar-refractivity contribution in [1.29, 1.82) is 5.26 Å². The van der Waals surface area contributed by atoms with Gasteiger partial charge in [-0.05, 0) is 50.2 Å². The minimum absolute atomic E-state index is 0.0759. The molecule has 12 heteroatoms. The second kappa shape index (κ2) is 8.21. The van der Waals surface area contributed by atoms with Crippen LogP contribution in [0.4, 0.5) is 0 Å². The number of likely N-dealkylation sites (N-methyl/N-ethyl adjacent to an activating group) is 1. The lowest BCUT2D eigenvalue weighted by molar-refractivity contribution is -0.139. The van der Waals surface area contributed by atoms with E-state index < -0.39 is 69.1 Å². The number of phenols is 1. The average Bonchev–Trinajstić information content (AvgIpc) is 2.83. The van der Waals surface area contributed by atoms with Gasteiger partial charge in [0, 0.05) is 18.0 Å². The van der Waals surface area contributed by atoms with Crippen molar-refractivity contribution in [2.24, 2.45) is 22.6 Å². The highest BCUT2D eigenvalue weighted by Gasteiger charge is 2.74. The number of hydrogen-bond acceptors (Lipinski definition) is 11. The van der Waals surface area contributed by atoms with Gasteiger partial charge in [-0.3, -0.25) is 24.3 Å². The van der Waals surface area contributed by atoms with Crippen molar-refractivity contribution in [1.82, 2.24) is 9.88 Å². The highest BCUT2D eigenvalue weighted by atomic mass is 16.3. The van der Waals surface area contributed by atoms with Gasteiger partial charge in [-0.25, -0.2) is 0 Å². The maximum Gasteiger partial charge on any atom is 0.255 e. The summed E-state index contributed by atoms with van der Waals surface area (Å²) in [5.74, 6) is -5.73. The van der Waals surface area contributed by atoms with Crippen molar-refractivity contribution < 1.29 is 29.7 Å². The number of aliphatic hydroxyl groups excluding tert-OH is 2. The third kappa shape index (κ3) is 3.09. The van der Waals surface area contributed by atoms with Crippen LogP contribution in [-0.4, -0.2) is 73.9 Å². The zero-order valence-corrected chi connectivity index (χ0v) is 21.1. The summed E-state index contributed by atoms with van der Waals surface area (Å²) in [6.45, 7) is 0. The molecular formula is C27H26N6O6. The van der Waals surface area contributed by atoms with Gasteiger partial charge in [0.1, 0.15) is 22.8 Å². The Labute approximate surface area is 222 Å². The summed E-state index contributed by atoms with van der Waals surface area (Å²) >= 11 is 0. The maximum atomic E-state index is 14.3. The van der Waals surface area contributed by atoms with Gasteiger partial charge in [0.2, 0.25) is 0 Å². The van der Waals surface area contributed by atoms with Crippen molar-refractivity contribution in [3.05, 3.63) is 64.7 Å². The highest BCUT2D eigenvalue weighted by Crippen LogP contribution is 2.58. The van der Waals surface area contributed by atoms with E-state index in [1.807, 2.05) is 0 Å². The Morgan fingerprint density at radius 2 is 1.87 bits per heavy atom. The summed E-state index contributed by atoms with van der Waals surface area (Å²) in [6.07, 6.45) is 2.59. The van der Waals surface area contributed by atoms with Gasteiger partial charge in [-0.2, -0.15) is 5.26 Å². The highest BCUT2D eigenvalue weighted by molar-refractivity contribution is 6.25. The summed E-state index contributed by atoms with van der Waals surface area (Å²) in [5.41, 5.74) is 12.7. The number of phenolic OH excluding ortho intramolecular Hbond substituents is 1. The molecule has 1 aromatic heterocycles. The number of Topliss-reactive ketones (excluding diaryl/α,β-unsaturated/α-hetero) is 2. The molecule has 200 valence electrons. The van der Waals surface area contributed by atoms with Crippen LogP contribution in [0, 0.1) is 16.7 Å². The number of rotatable bonds is 3. The molecule has 12 nitrogen and oxygen atoms in total. The Morgan fingerprint density at radius 1 is 1.18 bits per heavy atom. The monoisotopic (exact) mass is 530 g/mol. The lowest BCUT2D eigenvalue weighted by atomic mass is 9.47. The van der Waals surface area contributed by atoms with Crippen LogP contribution in [0.2, 0.25) is 0 Å². The van der Waals surface area contributed by atoms with E-state index in [1.54, 1.807) is 36.7 Å². The minimum atomic E-state index is -2.69. The van der Waals surface area contributed by atoms with Crippen molar-refractivity contribution in [2.75, 3.05) is 14.1 Å². The molecule has 5 rings (SSSR count). The van der Waals surface area contributed by atoms with E-state index in [4.69, 9.17) is 17.2 Å². The van der Waals surface area contributed by atoms with Crippen molar-refractivity contribution in [3.8, 4) is 22.9 Å². The third-order valence-corrected chi connectivity index (χ3v) is 8.11. The van der Waals surface area contributed by atoms with Crippen molar-refractivity contribution in [3.63, 3.8) is 0 Å². The number of fused-ring (bicyclic) bond motifs is 3. The van der Waals surface area contributed by atoms with Gasteiger partial charge in [-0.15, -0.1) is 0 Å². The predicted octanol–water partition coefficient (Wildman–Crippen LogP) is -0.0325. The maximum absolute atomic E-state index is 14.3. The molecule has 1 saturated carbocycles. The fourth-order valence-electron chi connectivity index (χ4n) is 6.62. The Morgan fingerprint density at radius 3 is 2.44 bits per heavy atom. The Balaban J connectivity index is 1.87. The zero-order chi connectivity index (χ0) is 28.7.